The summed E-state index contributed by atoms with van der Waals surface area (Å²) in [4.78, 5) is 29.4. The van der Waals surface area contributed by atoms with Crippen molar-refractivity contribution in [3.05, 3.63) is 26.7 Å². The van der Waals surface area contributed by atoms with Crippen molar-refractivity contribution in [2.75, 3.05) is 6.54 Å². The van der Waals surface area contributed by atoms with Gasteiger partial charge in [-0.05, 0) is 19.3 Å². The molecular weight excluding hydrogens is 270 g/mol. The van der Waals surface area contributed by atoms with Crippen LogP contribution < -0.4 is 17.0 Å². The zero-order valence-electron chi connectivity index (χ0n) is 12.5. The number of imidazole rings is 1. The van der Waals surface area contributed by atoms with E-state index in [2.05, 4.69) is 4.98 Å². The van der Waals surface area contributed by atoms with E-state index in [1.165, 1.54) is 11.6 Å². The third-order valence-electron chi connectivity index (χ3n) is 4.00. The summed E-state index contributed by atoms with van der Waals surface area (Å²) in [6.07, 6.45) is 2.99. The first kappa shape index (κ1) is 14.1. The number of nitrogens with two attached hydrogens (primary N) is 1. The highest BCUT2D eigenvalue weighted by Crippen LogP contribution is 2.40. The van der Waals surface area contributed by atoms with Crippen LogP contribution in [0.3, 0.4) is 0 Å². The maximum atomic E-state index is 12.5. The van der Waals surface area contributed by atoms with E-state index in [0.29, 0.717) is 36.7 Å². The highest BCUT2D eigenvalue weighted by Gasteiger charge is 2.31. The van der Waals surface area contributed by atoms with Crippen LogP contribution in [0.2, 0.25) is 0 Å². The molecule has 0 amide bonds. The Bertz CT molecular complexity index is 794. The van der Waals surface area contributed by atoms with Crippen LogP contribution in [-0.4, -0.2) is 25.2 Å². The molecule has 7 nitrogen and oxygen atoms in total. The summed E-state index contributed by atoms with van der Waals surface area (Å²) < 4.78 is 4.69. The van der Waals surface area contributed by atoms with E-state index in [0.717, 1.165) is 25.1 Å². The Morgan fingerprint density at radius 1 is 1.24 bits per heavy atom. The number of aryl methyl sites for hydroxylation is 1. The molecule has 2 N–H and O–H groups in total. The van der Waals surface area contributed by atoms with E-state index in [4.69, 9.17) is 5.73 Å². The molecular formula is C14H21N5O2. The highest BCUT2D eigenvalue weighted by atomic mass is 16.2. The summed E-state index contributed by atoms with van der Waals surface area (Å²) in [7, 11) is 1.52. The number of nitrogens with zero attached hydrogens (tertiary/aromatic N) is 4. The molecule has 2 aromatic rings. The van der Waals surface area contributed by atoms with Crippen molar-refractivity contribution in [1.82, 2.24) is 18.7 Å². The van der Waals surface area contributed by atoms with E-state index in [-0.39, 0.29) is 11.2 Å². The van der Waals surface area contributed by atoms with E-state index < -0.39 is 0 Å². The lowest BCUT2D eigenvalue weighted by molar-refractivity contribution is 0.608. The SMILES string of the molecule is CCCn1c(=O)n(C)c(=O)c2c1nc(C1CC1)n2CCN. The topological polar surface area (TPSA) is 87.8 Å². The van der Waals surface area contributed by atoms with Crippen molar-refractivity contribution in [3.63, 3.8) is 0 Å². The molecule has 0 unspecified atom stereocenters. The lowest BCUT2D eigenvalue weighted by Crippen LogP contribution is -2.39. The number of hydrogen-bond acceptors (Lipinski definition) is 4. The van der Waals surface area contributed by atoms with Crippen LogP contribution in [0.1, 0.15) is 37.9 Å². The van der Waals surface area contributed by atoms with Crippen LogP contribution in [0.4, 0.5) is 0 Å². The Labute approximate surface area is 122 Å². The normalized spacial score (nSPS) is 15.0. The van der Waals surface area contributed by atoms with Crippen molar-refractivity contribution in [3.8, 4) is 0 Å². The minimum atomic E-state index is -0.297. The van der Waals surface area contributed by atoms with E-state index in [1.807, 2.05) is 11.5 Å². The average molecular weight is 291 g/mol. The smallest absolute Gasteiger partial charge is 0.329 e. The average Bonchev–Trinajstić information content (AvgIpc) is 3.24. The highest BCUT2D eigenvalue weighted by molar-refractivity contribution is 5.71. The summed E-state index contributed by atoms with van der Waals surface area (Å²) in [5.74, 6) is 1.31. The summed E-state index contributed by atoms with van der Waals surface area (Å²) >= 11 is 0. The van der Waals surface area contributed by atoms with Crippen LogP contribution in [0.5, 0.6) is 0 Å². The zero-order chi connectivity index (χ0) is 15.1. The van der Waals surface area contributed by atoms with E-state index in [1.54, 1.807) is 4.57 Å². The molecule has 2 aromatic heterocycles. The summed E-state index contributed by atoms with van der Waals surface area (Å²) in [5, 5.41) is 0. The molecule has 0 spiro atoms. The van der Waals surface area contributed by atoms with Gasteiger partial charge in [0, 0.05) is 32.6 Å². The zero-order valence-corrected chi connectivity index (χ0v) is 12.5. The van der Waals surface area contributed by atoms with Crippen LogP contribution in [-0.2, 0) is 20.1 Å². The Morgan fingerprint density at radius 3 is 2.52 bits per heavy atom. The fraction of sp³-hybridized carbons (Fsp3) is 0.643. The van der Waals surface area contributed by atoms with Crippen molar-refractivity contribution < 1.29 is 0 Å². The molecule has 0 aromatic carbocycles. The van der Waals surface area contributed by atoms with E-state index in [9.17, 15) is 9.59 Å². The molecule has 114 valence electrons. The van der Waals surface area contributed by atoms with Gasteiger partial charge in [0.05, 0.1) is 0 Å². The standard InChI is InChI=1S/C14H21N5O2/c1-3-7-19-12-10(13(20)17(2)14(19)21)18(8-6-15)11(16-12)9-4-5-9/h9H,3-8,15H2,1-2H3. The van der Waals surface area contributed by atoms with Gasteiger partial charge in [0.2, 0.25) is 0 Å². The van der Waals surface area contributed by atoms with Gasteiger partial charge in [-0.3, -0.25) is 13.9 Å². The predicted molar refractivity (Wildman–Crippen MR) is 80.6 cm³/mol. The van der Waals surface area contributed by atoms with Crippen molar-refractivity contribution >= 4 is 11.2 Å². The van der Waals surface area contributed by atoms with Crippen LogP contribution in [0.25, 0.3) is 11.2 Å². The first-order valence-corrected chi connectivity index (χ1v) is 7.50. The third kappa shape index (κ3) is 2.12. The van der Waals surface area contributed by atoms with Gasteiger partial charge in [0.1, 0.15) is 5.82 Å². The molecule has 0 bridgehead atoms. The van der Waals surface area contributed by atoms with Crippen LogP contribution >= 0.6 is 0 Å². The molecule has 0 radical (unpaired) electrons. The lowest BCUT2D eigenvalue weighted by atomic mass is 10.4. The molecule has 1 aliphatic rings. The van der Waals surface area contributed by atoms with Gasteiger partial charge in [0.15, 0.2) is 11.2 Å². The summed E-state index contributed by atoms with van der Waals surface area (Å²) in [6.45, 7) is 3.57. The van der Waals surface area contributed by atoms with Crippen LogP contribution in [0.15, 0.2) is 9.59 Å². The fourth-order valence-electron chi connectivity index (χ4n) is 2.81. The number of fused-ring (bicyclic) bond motifs is 1. The van der Waals surface area contributed by atoms with Gasteiger partial charge in [-0.15, -0.1) is 0 Å². The molecule has 3 rings (SSSR count). The second-order valence-corrected chi connectivity index (χ2v) is 5.66. The molecule has 0 atom stereocenters. The van der Waals surface area contributed by atoms with Gasteiger partial charge in [-0.25, -0.2) is 9.78 Å². The number of rotatable bonds is 5. The quantitative estimate of drug-likeness (QED) is 0.849. The van der Waals surface area contributed by atoms with Gasteiger partial charge in [0.25, 0.3) is 5.56 Å². The fourth-order valence-corrected chi connectivity index (χ4v) is 2.81. The first-order chi connectivity index (χ1) is 10.1. The molecule has 0 aliphatic heterocycles. The Balaban J connectivity index is 2.40. The van der Waals surface area contributed by atoms with Gasteiger partial charge in [-0.2, -0.15) is 0 Å². The van der Waals surface area contributed by atoms with Gasteiger partial charge in [-0.1, -0.05) is 6.92 Å². The van der Waals surface area contributed by atoms with Crippen molar-refractivity contribution in [2.24, 2.45) is 12.8 Å². The maximum absolute atomic E-state index is 12.5. The third-order valence-corrected chi connectivity index (χ3v) is 4.00. The number of aromatic nitrogens is 4. The first-order valence-electron chi connectivity index (χ1n) is 7.50. The molecule has 1 saturated carbocycles. The van der Waals surface area contributed by atoms with Crippen molar-refractivity contribution in [2.45, 2.75) is 45.2 Å². The Hall–Kier alpha value is -1.89. The monoisotopic (exact) mass is 291 g/mol. The molecule has 21 heavy (non-hydrogen) atoms. The Morgan fingerprint density at radius 2 is 1.95 bits per heavy atom. The minimum absolute atomic E-state index is 0.282. The lowest BCUT2D eigenvalue weighted by Gasteiger charge is -2.09. The summed E-state index contributed by atoms with van der Waals surface area (Å²) in [6, 6.07) is 0. The number of hydrogen-bond donors (Lipinski definition) is 1. The van der Waals surface area contributed by atoms with Gasteiger partial charge < -0.3 is 10.3 Å². The van der Waals surface area contributed by atoms with E-state index >= 15 is 0 Å². The largest absolute Gasteiger partial charge is 0.332 e. The van der Waals surface area contributed by atoms with Crippen molar-refractivity contribution in [1.29, 1.82) is 0 Å². The second kappa shape index (κ2) is 5.14. The van der Waals surface area contributed by atoms with Crippen LogP contribution in [0, 0.1) is 0 Å². The minimum Gasteiger partial charge on any atom is -0.329 e. The second-order valence-electron chi connectivity index (χ2n) is 5.66. The summed E-state index contributed by atoms with van der Waals surface area (Å²) in [5.41, 5.74) is 6.14. The molecule has 2 heterocycles. The predicted octanol–water partition coefficient (Wildman–Crippen LogP) is 0.143. The van der Waals surface area contributed by atoms with Gasteiger partial charge >= 0.3 is 5.69 Å². The Kier molecular flexibility index (Phi) is 3.44. The maximum Gasteiger partial charge on any atom is 0.332 e. The molecule has 1 aliphatic carbocycles. The molecule has 7 heteroatoms. The molecule has 1 fully saturated rings. The molecule has 0 saturated heterocycles.